The lowest BCUT2D eigenvalue weighted by Crippen LogP contribution is -2.50. The lowest BCUT2D eigenvalue weighted by molar-refractivity contribution is -0.0221. The number of rotatable bonds is 1. The zero-order valence-electron chi connectivity index (χ0n) is 9.25. The van der Waals surface area contributed by atoms with Crippen molar-refractivity contribution < 1.29 is 13.5 Å². The Morgan fingerprint density at radius 2 is 1.87 bits per heavy atom. The second-order valence-electron chi connectivity index (χ2n) is 5.72. The van der Waals surface area contributed by atoms with Gasteiger partial charge < -0.3 is 5.11 Å². The molecule has 2 rings (SSSR count). The van der Waals surface area contributed by atoms with Crippen molar-refractivity contribution in [2.45, 2.75) is 45.0 Å². The summed E-state index contributed by atoms with van der Waals surface area (Å²) in [5.41, 5.74) is -0.783. The van der Waals surface area contributed by atoms with Crippen molar-refractivity contribution in [2.75, 3.05) is 0 Å². The van der Waals surface area contributed by atoms with Gasteiger partial charge in [0, 0.05) is 16.1 Å². The first-order valence-corrected chi connectivity index (χ1v) is 7.54. The van der Waals surface area contributed by atoms with Crippen LogP contribution in [0.15, 0.2) is 0 Å². The molecule has 0 aromatic rings. The van der Waals surface area contributed by atoms with Crippen LogP contribution in [0.25, 0.3) is 0 Å². The Balaban J connectivity index is 2.60. The molecule has 15 heavy (non-hydrogen) atoms. The fourth-order valence-electron chi connectivity index (χ4n) is 3.58. The van der Waals surface area contributed by atoms with Crippen LogP contribution in [-0.4, -0.2) is 18.5 Å². The van der Waals surface area contributed by atoms with Gasteiger partial charge in [-0.25, -0.2) is 8.42 Å². The van der Waals surface area contributed by atoms with Gasteiger partial charge >= 0.3 is 0 Å². The van der Waals surface area contributed by atoms with Crippen LogP contribution in [0.3, 0.4) is 0 Å². The molecule has 2 aliphatic rings. The van der Waals surface area contributed by atoms with Crippen LogP contribution in [0.4, 0.5) is 0 Å². The van der Waals surface area contributed by atoms with Gasteiger partial charge in [-0.15, -0.1) is 0 Å². The maximum Gasteiger partial charge on any atom is 0.262 e. The molecule has 2 fully saturated rings. The highest BCUT2D eigenvalue weighted by atomic mass is 35.7. The molecular weight excluding hydrogens is 236 g/mol. The predicted molar refractivity (Wildman–Crippen MR) is 59.0 cm³/mol. The molecule has 3 atom stereocenters. The van der Waals surface area contributed by atoms with Gasteiger partial charge in [0.2, 0.25) is 0 Å². The first kappa shape index (κ1) is 11.7. The highest BCUT2D eigenvalue weighted by Crippen LogP contribution is 2.71. The van der Waals surface area contributed by atoms with E-state index in [2.05, 4.69) is 0 Å². The molecule has 3 unspecified atom stereocenters. The Morgan fingerprint density at radius 1 is 1.33 bits per heavy atom. The molecule has 0 heterocycles. The van der Waals surface area contributed by atoms with Crippen molar-refractivity contribution in [1.29, 1.82) is 0 Å². The third-order valence-corrected chi connectivity index (χ3v) is 7.41. The molecule has 0 amide bonds. The standard InChI is InChI=1S/C10H17ClO3S/c1-8(2)7-4-5-9(8,3)10(12,6-7)15(11,13)14/h7,12H,4-6H2,1-3H3. The quantitative estimate of drug-likeness (QED) is 0.727. The molecule has 3 nitrogen and oxygen atoms in total. The Kier molecular flexibility index (Phi) is 2.11. The van der Waals surface area contributed by atoms with Crippen molar-refractivity contribution >= 4 is 19.7 Å². The summed E-state index contributed by atoms with van der Waals surface area (Å²) in [6.07, 6.45) is 1.99. The molecule has 2 aliphatic carbocycles. The van der Waals surface area contributed by atoms with Crippen LogP contribution < -0.4 is 0 Å². The second-order valence-corrected chi connectivity index (χ2v) is 8.49. The minimum atomic E-state index is -3.93. The predicted octanol–water partition coefficient (Wildman–Crippen LogP) is 2.09. The van der Waals surface area contributed by atoms with Crippen molar-refractivity contribution in [3.63, 3.8) is 0 Å². The van der Waals surface area contributed by atoms with E-state index in [0.29, 0.717) is 0 Å². The minimum Gasteiger partial charge on any atom is -0.373 e. The Morgan fingerprint density at radius 3 is 2.07 bits per heavy atom. The Labute approximate surface area is 95.2 Å². The number of hydrogen-bond donors (Lipinski definition) is 1. The van der Waals surface area contributed by atoms with Gasteiger partial charge in [-0.2, -0.15) is 0 Å². The molecule has 88 valence electrons. The second kappa shape index (κ2) is 2.71. The van der Waals surface area contributed by atoms with Crippen LogP contribution in [0.5, 0.6) is 0 Å². The fourth-order valence-corrected chi connectivity index (χ4v) is 5.58. The first-order valence-electron chi connectivity index (χ1n) is 5.23. The fraction of sp³-hybridized carbons (Fsp3) is 1.00. The van der Waals surface area contributed by atoms with Crippen LogP contribution in [0.1, 0.15) is 40.0 Å². The number of fused-ring (bicyclic) bond motifs is 2. The largest absolute Gasteiger partial charge is 0.373 e. The molecule has 0 radical (unpaired) electrons. The van der Waals surface area contributed by atoms with E-state index in [-0.39, 0.29) is 17.8 Å². The van der Waals surface area contributed by atoms with E-state index in [0.717, 1.165) is 12.8 Å². The molecule has 2 bridgehead atoms. The van der Waals surface area contributed by atoms with E-state index < -0.39 is 19.4 Å². The summed E-state index contributed by atoms with van der Waals surface area (Å²) < 4.78 is 23.1. The maximum absolute atomic E-state index is 11.6. The molecule has 5 heteroatoms. The lowest BCUT2D eigenvalue weighted by atomic mass is 9.69. The average molecular weight is 253 g/mol. The highest BCUT2D eigenvalue weighted by molar-refractivity contribution is 8.14. The Bertz CT molecular complexity index is 403. The van der Waals surface area contributed by atoms with Gasteiger partial charge in [0.25, 0.3) is 9.05 Å². The molecule has 0 aliphatic heterocycles. The minimum absolute atomic E-state index is 0.163. The van der Waals surface area contributed by atoms with Crippen molar-refractivity contribution in [1.82, 2.24) is 0 Å². The molecule has 0 aromatic carbocycles. The molecular formula is C10H17ClO3S. The van der Waals surface area contributed by atoms with E-state index in [1.165, 1.54) is 0 Å². The van der Waals surface area contributed by atoms with Crippen LogP contribution in [0.2, 0.25) is 0 Å². The maximum atomic E-state index is 11.6. The van der Waals surface area contributed by atoms with E-state index in [1.54, 1.807) is 0 Å². The van der Waals surface area contributed by atoms with Crippen LogP contribution in [0, 0.1) is 16.7 Å². The monoisotopic (exact) mass is 252 g/mol. The van der Waals surface area contributed by atoms with Gasteiger partial charge in [0.15, 0.2) is 4.93 Å². The summed E-state index contributed by atoms with van der Waals surface area (Å²) >= 11 is 0. The average Bonchev–Trinajstić information content (AvgIpc) is 2.34. The van der Waals surface area contributed by atoms with Crippen molar-refractivity contribution in [2.24, 2.45) is 16.7 Å². The van der Waals surface area contributed by atoms with E-state index in [1.807, 2.05) is 20.8 Å². The van der Waals surface area contributed by atoms with Gasteiger partial charge in [-0.3, -0.25) is 0 Å². The molecule has 0 spiro atoms. The third kappa shape index (κ3) is 1.08. The first-order chi connectivity index (χ1) is 6.56. The molecule has 2 saturated carbocycles. The normalized spacial score (nSPS) is 48.5. The number of halogens is 1. The SMILES string of the molecule is CC1(C)C2CCC1(C)C(O)(S(=O)(=O)Cl)C2. The van der Waals surface area contributed by atoms with Crippen molar-refractivity contribution in [3.05, 3.63) is 0 Å². The summed E-state index contributed by atoms with van der Waals surface area (Å²) in [5.74, 6) is 0.251. The molecule has 1 N–H and O–H groups in total. The van der Waals surface area contributed by atoms with Gasteiger partial charge in [0.05, 0.1) is 0 Å². The van der Waals surface area contributed by atoms with Gasteiger partial charge in [-0.1, -0.05) is 20.8 Å². The zero-order valence-corrected chi connectivity index (χ0v) is 10.8. The van der Waals surface area contributed by atoms with E-state index in [4.69, 9.17) is 10.7 Å². The number of aliphatic hydroxyl groups is 1. The lowest BCUT2D eigenvalue weighted by Gasteiger charge is -2.42. The van der Waals surface area contributed by atoms with E-state index in [9.17, 15) is 13.5 Å². The van der Waals surface area contributed by atoms with Crippen LogP contribution in [-0.2, 0) is 9.05 Å². The zero-order chi connectivity index (χ0) is 11.7. The van der Waals surface area contributed by atoms with Crippen LogP contribution >= 0.6 is 10.7 Å². The summed E-state index contributed by atoms with van der Waals surface area (Å²) in [6, 6.07) is 0. The van der Waals surface area contributed by atoms with Gasteiger partial charge in [0.1, 0.15) is 0 Å². The molecule has 0 saturated heterocycles. The topological polar surface area (TPSA) is 54.4 Å². The summed E-state index contributed by atoms with van der Waals surface area (Å²) in [7, 11) is 1.48. The summed E-state index contributed by atoms with van der Waals surface area (Å²) in [6.45, 7) is 5.91. The summed E-state index contributed by atoms with van der Waals surface area (Å²) in [5, 5.41) is 10.4. The van der Waals surface area contributed by atoms with Gasteiger partial charge in [-0.05, 0) is 30.6 Å². The molecule has 0 aromatic heterocycles. The highest BCUT2D eigenvalue weighted by Gasteiger charge is 2.73. The Hall–Kier alpha value is 0.200. The third-order valence-electron chi connectivity index (χ3n) is 5.22. The smallest absolute Gasteiger partial charge is 0.262 e. The summed E-state index contributed by atoms with van der Waals surface area (Å²) in [4.78, 5) is -1.74. The number of hydrogen-bond acceptors (Lipinski definition) is 3. The van der Waals surface area contributed by atoms with E-state index >= 15 is 0 Å². The van der Waals surface area contributed by atoms with Crippen molar-refractivity contribution in [3.8, 4) is 0 Å².